The van der Waals surface area contributed by atoms with Crippen molar-refractivity contribution in [3.8, 4) is 0 Å². The van der Waals surface area contributed by atoms with E-state index >= 15 is 4.39 Å². The standard InChI is InChI=1S/C29H33FN4O/c30-29(20-32-27-18-24(27)22-6-2-1-3-7-22)14-16-34(17-15-29)19-21-10-12-23(13-11-21)28(35)33-26-9-5-4-8-25(26)31/h1-13,24,27,32H,14-20,31H2,(H,33,35). The first-order chi connectivity index (χ1) is 17.0. The molecule has 1 saturated carbocycles. The number of carbonyl (C=O) groups is 1. The fourth-order valence-electron chi connectivity index (χ4n) is 4.92. The summed E-state index contributed by atoms with van der Waals surface area (Å²) < 4.78 is 15.4. The zero-order valence-corrected chi connectivity index (χ0v) is 19.9. The number of benzene rings is 3. The molecular formula is C29H33FN4O. The Morgan fingerprint density at radius 2 is 1.66 bits per heavy atom. The second kappa shape index (κ2) is 10.2. The SMILES string of the molecule is Nc1ccccc1NC(=O)c1ccc(CN2CCC(F)(CNC3CC3c3ccccc3)CC2)cc1. The second-order valence-electron chi connectivity index (χ2n) is 9.91. The summed E-state index contributed by atoms with van der Waals surface area (Å²) >= 11 is 0. The summed E-state index contributed by atoms with van der Waals surface area (Å²) in [4.78, 5) is 14.8. The van der Waals surface area contributed by atoms with Gasteiger partial charge >= 0.3 is 0 Å². The molecular weight excluding hydrogens is 439 g/mol. The topological polar surface area (TPSA) is 70.4 Å². The van der Waals surface area contributed by atoms with Gasteiger partial charge in [-0.3, -0.25) is 9.69 Å². The number of carbonyl (C=O) groups excluding carboxylic acids is 1. The number of halogens is 1. The summed E-state index contributed by atoms with van der Waals surface area (Å²) in [5.41, 5.74) is 8.97. The Morgan fingerprint density at radius 1 is 0.971 bits per heavy atom. The third-order valence-electron chi connectivity index (χ3n) is 7.28. The van der Waals surface area contributed by atoms with Gasteiger partial charge in [-0.15, -0.1) is 0 Å². The van der Waals surface area contributed by atoms with Crippen molar-refractivity contribution in [3.63, 3.8) is 0 Å². The van der Waals surface area contributed by atoms with Crippen molar-refractivity contribution in [2.75, 3.05) is 30.7 Å². The van der Waals surface area contributed by atoms with Crippen LogP contribution in [0.3, 0.4) is 0 Å². The van der Waals surface area contributed by atoms with Crippen molar-refractivity contribution in [2.24, 2.45) is 0 Å². The number of nitrogen functional groups attached to an aromatic ring is 1. The third kappa shape index (κ3) is 5.89. The van der Waals surface area contributed by atoms with Gasteiger partial charge in [-0.25, -0.2) is 4.39 Å². The number of likely N-dealkylation sites (tertiary alicyclic amines) is 1. The van der Waals surface area contributed by atoms with Crippen LogP contribution in [0, 0.1) is 0 Å². The molecule has 2 unspecified atom stereocenters. The summed E-state index contributed by atoms with van der Waals surface area (Å²) in [7, 11) is 0. The first-order valence-corrected chi connectivity index (χ1v) is 12.4. The van der Waals surface area contributed by atoms with Crippen molar-refractivity contribution in [3.05, 3.63) is 95.6 Å². The molecule has 0 aromatic heterocycles. The minimum atomic E-state index is -1.14. The number of nitrogens with one attached hydrogen (secondary N) is 2. The van der Waals surface area contributed by atoms with Crippen molar-refractivity contribution in [1.82, 2.24) is 10.2 Å². The van der Waals surface area contributed by atoms with Gasteiger partial charge in [0.15, 0.2) is 0 Å². The predicted molar refractivity (Wildman–Crippen MR) is 139 cm³/mol. The molecule has 2 aliphatic rings. The van der Waals surface area contributed by atoms with Crippen molar-refractivity contribution in [1.29, 1.82) is 0 Å². The summed E-state index contributed by atoms with van der Waals surface area (Å²) in [5.74, 6) is 0.335. The molecule has 5 rings (SSSR count). The molecule has 2 atom stereocenters. The molecule has 3 aromatic carbocycles. The quantitative estimate of drug-likeness (QED) is 0.405. The van der Waals surface area contributed by atoms with E-state index in [4.69, 9.17) is 5.73 Å². The molecule has 3 aromatic rings. The lowest BCUT2D eigenvalue weighted by Gasteiger charge is -2.36. The number of anilines is 2. The molecule has 1 aliphatic heterocycles. The summed E-state index contributed by atoms with van der Waals surface area (Å²) in [5, 5.41) is 6.33. The predicted octanol–water partition coefficient (Wildman–Crippen LogP) is 4.97. The lowest BCUT2D eigenvalue weighted by Crippen LogP contribution is -2.47. The van der Waals surface area contributed by atoms with Crippen LogP contribution in [0.2, 0.25) is 0 Å². The van der Waals surface area contributed by atoms with Crippen molar-refractivity contribution < 1.29 is 9.18 Å². The van der Waals surface area contributed by atoms with Gasteiger partial charge in [-0.1, -0.05) is 54.6 Å². The molecule has 4 N–H and O–H groups in total. The second-order valence-corrected chi connectivity index (χ2v) is 9.91. The van der Waals surface area contributed by atoms with Gasteiger partial charge in [0.1, 0.15) is 5.67 Å². The molecule has 1 heterocycles. The first kappa shape index (κ1) is 23.5. The van der Waals surface area contributed by atoms with Crippen LogP contribution in [-0.2, 0) is 6.54 Å². The van der Waals surface area contributed by atoms with E-state index in [1.54, 1.807) is 12.1 Å². The van der Waals surface area contributed by atoms with E-state index in [0.717, 1.165) is 31.6 Å². The van der Waals surface area contributed by atoms with Crippen LogP contribution >= 0.6 is 0 Å². The summed E-state index contributed by atoms with van der Waals surface area (Å²) in [6.07, 6.45) is 2.18. The highest BCUT2D eigenvalue weighted by atomic mass is 19.1. The molecule has 6 heteroatoms. The summed E-state index contributed by atoms with van der Waals surface area (Å²) in [6.45, 7) is 2.67. The van der Waals surface area contributed by atoms with Crippen LogP contribution in [0.15, 0.2) is 78.9 Å². The molecule has 1 saturated heterocycles. The molecule has 2 fully saturated rings. The molecule has 0 bridgehead atoms. The zero-order valence-electron chi connectivity index (χ0n) is 19.9. The van der Waals surface area contributed by atoms with Gasteiger partial charge in [-0.2, -0.15) is 0 Å². The van der Waals surface area contributed by atoms with Crippen molar-refractivity contribution in [2.45, 2.75) is 43.4 Å². The number of hydrogen-bond acceptors (Lipinski definition) is 4. The van der Waals surface area contributed by atoms with Crippen LogP contribution in [0.5, 0.6) is 0 Å². The number of hydrogen-bond donors (Lipinski definition) is 3. The maximum absolute atomic E-state index is 15.4. The van der Waals surface area contributed by atoms with E-state index in [0.29, 0.717) is 48.3 Å². The number of para-hydroxylation sites is 2. The highest BCUT2D eigenvalue weighted by Crippen LogP contribution is 2.41. The number of alkyl halides is 1. The Balaban J connectivity index is 1.06. The maximum Gasteiger partial charge on any atom is 0.255 e. The summed E-state index contributed by atoms with van der Waals surface area (Å²) in [6, 6.07) is 25.7. The molecule has 0 radical (unpaired) electrons. The Bertz CT molecular complexity index is 1140. The lowest BCUT2D eigenvalue weighted by molar-refractivity contribution is 0.0544. The Morgan fingerprint density at radius 3 is 2.37 bits per heavy atom. The van der Waals surface area contributed by atoms with E-state index in [-0.39, 0.29) is 5.91 Å². The van der Waals surface area contributed by atoms with Crippen LogP contribution in [-0.4, -0.2) is 42.2 Å². The minimum Gasteiger partial charge on any atom is -0.397 e. The largest absolute Gasteiger partial charge is 0.397 e. The highest BCUT2D eigenvalue weighted by Gasteiger charge is 2.41. The van der Waals surface area contributed by atoms with Crippen LogP contribution < -0.4 is 16.4 Å². The van der Waals surface area contributed by atoms with E-state index < -0.39 is 5.67 Å². The van der Waals surface area contributed by atoms with E-state index in [2.05, 4.69) is 39.8 Å². The van der Waals surface area contributed by atoms with Gasteiger partial charge in [0.2, 0.25) is 0 Å². The average Bonchev–Trinajstić information content (AvgIpc) is 3.67. The van der Waals surface area contributed by atoms with E-state index in [9.17, 15) is 4.79 Å². The van der Waals surface area contributed by atoms with E-state index in [1.165, 1.54) is 5.56 Å². The van der Waals surface area contributed by atoms with Crippen molar-refractivity contribution >= 4 is 17.3 Å². The fourth-order valence-corrected chi connectivity index (χ4v) is 4.92. The third-order valence-corrected chi connectivity index (χ3v) is 7.28. The monoisotopic (exact) mass is 472 g/mol. The number of amides is 1. The van der Waals surface area contributed by atoms with Crippen LogP contribution in [0.4, 0.5) is 15.8 Å². The lowest BCUT2D eigenvalue weighted by atomic mass is 9.92. The Kier molecular flexibility index (Phi) is 6.84. The molecule has 0 spiro atoms. The molecule has 182 valence electrons. The molecule has 5 nitrogen and oxygen atoms in total. The number of nitrogens with two attached hydrogens (primary N) is 1. The van der Waals surface area contributed by atoms with Gasteiger partial charge in [-0.05, 0) is 54.7 Å². The van der Waals surface area contributed by atoms with Crippen LogP contribution in [0.1, 0.15) is 46.7 Å². The van der Waals surface area contributed by atoms with E-state index in [1.807, 2.05) is 42.5 Å². The number of nitrogens with zero attached hydrogens (tertiary/aromatic N) is 1. The van der Waals surface area contributed by atoms with Crippen LogP contribution in [0.25, 0.3) is 0 Å². The zero-order chi connectivity index (χ0) is 24.3. The first-order valence-electron chi connectivity index (χ1n) is 12.4. The number of rotatable bonds is 8. The molecule has 35 heavy (non-hydrogen) atoms. The Hall–Kier alpha value is -3.22. The fraction of sp³-hybridized carbons (Fsp3) is 0.345. The highest BCUT2D eigenvalue weighted by molar-refractivity contribution is 6.05. The molecule has 1 amide bonds. The Labute approximate surface area is 206 Å². The van der Waals surface area contributed by atoms with Gasteiger partial charge in [0.25, 0.3) is 5.91 Å². The minimum absolute atomic E-state index is 0.188. The van der Waals surface area contributed by atoms with Gasteiger partial charge < -0.3 is 16.4 Å². The normalized spacial score (nSPS) is 21.4. The average molecular weight is 473 g/mol. The van der Waals surface area contributed by atoms with Gasteiger partial charge in [0.05, 0.1) is 11.4 Å². The number of piperidine rings is 1. The smallest absolute Gasteiger partial charge is 0.255 e. The molecule has 1 aliphatic carbocycles. The van der Waals surface area contributed by atoms with Gasteiger partial charge in [0, 0.05) is 43.7 Å². The maximum atomic E-state index is 15.4.